The highest BCUT2D eigenvalue weighted by atomic mass is 16.4. The highest BCUT2D eigenvalue weighted by molar-refractivity contribution is 5.79. The molecule has 0 unspecified atom stereocenters. The molecule has 1 aliphatic heterocycles. The summed E-state index contributed by atoms with van der Waals surface area (Å²) >= 11 is 0. The third-order valence-corrected chi connectivity index (χ3v) is 4.05. The number of piperidine rings is 1. The van der Waals surface area contributed by atoms with Crippen LogP contribution in [0.4, 0.5) is 4.79 Å². The fourth-order valence-corrected chi connectivity index (χ4v) is 2.38. The van der Waals surface area contributed by atoms with E-state index < -0.39 is 11.4 Å². The molecule has 1 aliphatic rings. The SMILES string of the molecule is CCC1(C(=O)O)CCN(C(=O)NCCC(=O)NC)CC1. The molecule has 3 N–H and O–H groups in total. The zero-order valence-corrected chi connectivity index (χ0v) is 12.1. The summed E-state index contributed by atoms with van der Waals surface area (Å²) < 4.78 is 0. The van der Waals surface area contributed by atoms with Crippen LogP contribution in [0.15, 0.2) is 0 Å². The number of likely N-dealkylation sites (tertiary alicyclic amines) is 1. The minimum Gasteiger partial charge on any atom is -0.481 e. The van der Waals surface area contributed by atoms with Gasteiger partial charge in [0.05, 0.1) is 5.41 Å². The van der Waals surface area contributed by atoms with E-state index in [-0.39, 0.29) is 24.9 Å². The van der Waals surface area contributed by atoms with Gasteiger partial charge in [-0.15, -0.1) is 0 Å². The molecule has 3 amide bonds. The number of carboxylic acid groups (broad SMARTS) is 1. The Hall–Kier alpha value is -1.79. The summed E-state index contributed by atoms with van der Waals surface area (Å²) in [6.45, 7) is 3.03. The molecular weight excluding hydrogens is 262 g/mol. The zero-order chi connectivity index (χ0) is 15.2. The van der Waals surface area contributed by atoms with Crippen molar-refractivity contribution in [1.82, 2.24) is 15.5 Å². The van der Waals surface area contributed by atoms with Gasteiger partial charge in [0.1, 0.15) is 0 Å². The highest BCUT2D eigenvalue weighted by Gasteiger charge is 2.40. The second kappa shape index (κ2) is 7.12. The molecule has 0 aromatic carbocycles. The number of rotatable bonds is 5. The van der Waals surface area contributed by atoms with Crippen molar-refractivity contribution in [3.05, 3.63) is 0 Å². The number of hydrogen-bond donors (Lipinski definition) is 3. The van der Waals surface area contributed by atoms with Gasteiger partial charge in [0.25, 0.3) is 0 Å². The van der Waals surface area contributed by atoms with Crippen molar-refractivity contribution in [3.8, 4) is 0 Å². The van der Waals surface area contributed by atoms with E-state index in [0.717, 1.165) is 0 Å². The van der Waals surface area contributed by atoms with E-state index >= 15 is 0 Å². The number of amides is 3. The summed E-state index contributed by atoms with van der Waals surface area (Å²) in [5, 5.41) is 14.4. The number of nitrogens with zero attached hydrogens (tertiary/aromatic N) is 1. The molecule has 1 rings (SSSR count). The number of carbonyl (C=O) groups is 3. The van der Waals surface area contributed by atoms with Crippen molar-refractivity contribution in [2.45, 2.75) is 32.6 Å². The summed E-state index contributed by atoms with van der Waals surface area (Å²) in [5.41, 5.74) is -0.696. The first-order valence-corrected chi connectivity index (χ1v) is 6.92. The summed E-state index contributed by atoms with van der Waals surface area (Å²) in [6.07, 6.45) is 1.77. The molecule has 1 saturated heterocycles. The van der Waals surface area contributed by atoms with Crippen molar-refractivity contribution in [1.29, 1.82) is 0 Å². The first-order valence-electron chi connectivity index (χ1n) is 6.92. The Kier molecular flexibility index (Phi) is 5.79. The van der Waals surface area contributed by atoms with Crippen LogP contribution in [0.5, 0.6) is 0 Å². The van der Waals surface area contributed by atoms with E-state index in [1.807, 2.05) is 6.92 Å². The van der Waals surface area contributed by atoms with Crippen molar-refractivity contribution in [3.63, 3.8) is 0 Å². The lowest BCUT2D eigenvalue weighted by Gasteiger charge is -2.38. The number of hydrogen-bond acceptors (Lipinski definition) is 3. The standard InChI is InChI=1S/C13H23N3O4/c1-3-13(11(18)19)5-8-16(9-6-13)12(20)15-7-4-10(17)14-2/h3-9H2,1-2H3,(H,14,17)(H,15,20)(H,18,19). The lowest BCUT2D eigenvalue weighted by atomic mass is 9.76. The molecule has 0 saturated carbocycles. The average molecular weight is 285 g/mol. The molecule has 0 aliphatic carbocycles. The smallest absolute Gasteiger partial charge is 0.317 e. The lowest BCUT2D eigenvalue weighted by Crippen LogP contribution is -2.49. The Balaban J connectivity index is 2.39. The molecule has 20 heavy (non-hydrogen) atoms. The van der Waals surface area contributed by atoms with E-state index in [1.54, 1.807) is 11.9 Å². The second-order valence-corrected chi connectivity index (χ2v) is 5.08. The van der Waals surface area contributed by atoms with E-state index in [2.05, 4.69) is 10.6 Å². The van der Waals surface area contributed by atoms with Gasteiger partial charge >= 0.3 is 12.0 Å². The van der Waals surface area contributed by atoms with Gasteiger partial charge < -0.3 is 20.6 Å². The number of carboxylic acids is 1. The average Bonchev–Trinajstić information content (AvgIpc) is 2.46. The van der Waals surface area contributed by atoms with Crippen LogP contribution in [-0.2, 0) is 9.59 Å². The molecule has 0 aromatic heterocycles. The Morgan fingerprint density at radius 2 is 1.85 bits per heavy atom. The van der Waals surface area contributed by atoms with Crippen LogP contribution in [0, 0.1) is 5.41 Å². The summed E-state index contributed by atoms with van der Waals surface area (Å²) in [4.78, 5) is 35.8. The fraction of sp³-hybridized carbons (Fsp3) is 0.769. The monoisotopic (exact) mass is 285 g/mol. The number of nitrogens with one attached hydrogen (secondary N) is 2. The normalized spacial score (nSPS) is 17.4. The maximum atomic E-state index is 11.9. The first kappa shape index (κ1) is 16.3. The van der Waals surface area contributed by atoms with Gasteiger partial charge in [-0.1, -0.05) is 6.92 Å². The second-order valence-electron chi connectivity index (χ2n) is 5.08. The maximum absolute atomic E-state index is 11.9. The van der Waals surface area contributed by atoms with Gasteiger partial charge in [-0.05, 0) is 19.3 Å². The van der Waals surface area contributed by atoms with Crippen LogP contribution in [0.25, 0.3) is 0 Å². The third kappa shape index (κ3) is 3.85. The topological polar surface area (TPSA) is 98.7 Å². The van der Waals surface area contributed by atoms with Crippen LogP contribution in [0.3, 0.4) is 0 Å². The lowest BCUT2D eigenvalue weighted by molar-refractivity contribution is -0.152. The summed E-state index contributed by atoms with van der Waals surface area (Å²) in [6, 6.07) is -0.232. The van der Waals surface area contributed by atoms with Gasteiger partial charge in [-0.3, -0.25) is 9.59 Å². The Labute approximate surface area is 118 Å². The van der Waals surface area contributed by atoms with Crippen LogP contribution in [0.1, 0.15) is 32.6 Å². The summed E-state index contributed by atoms with van der Waals surface area (Å²) in [7, 11) is 1.55. The molecule has 0 bridgehead atoms. The molecule has 1 heterocycles. The van der Waals surface area contributed by atoms with Gasteiger partial charge in [0, 0.05) is 33.1 Å². The van der Waals surface area contributed by atoms with Crippen LogP contribution >= 0.6 is 0 Å². The Morgan fingerprint density at radius 3 is 2.30 bits per heavy atom. The maximum Gasteiger partial charge on any atom is 0.317 e. The number of aliphatic carboxylic acids is 1. The van der Waals surface area contributed by atoms with Gasteiger partial charge in [0.2, 0.25) is 5.91 Å². The van der Waals surface area contributed by atoms with E-state index in [0.29, 0.717) is 32.4 Å². The van der Waals surface area contributed by atoms with E-state index in [9.17, 15) is 19.5 Å². The number of carbonyl (C=O) groups excluding carboxylic acids is 2. The van der Waals surface area contributed by atoms with Crippen LogP contribution < -0.4 is 10.6 Å². The predicted molar refractivity (Wildman–Crippen MR) is 73.2 cm³/mol. The van der Waals surface area contributed by atoms with E-state index in [1.165, 1.54) is 0 Å². The minimum absolute atomic E-state index is 0.125. The van der Waals surface area contributed by atoms with Crippen molar-refractivity contribution in [2.24, 2.45) is 5.41 Å². The van der Waals surface area contributed by atoms with Gasteiger partial charge in [0.15, 0.2) is 0 Å². The van der Waals surface area contributed by atoms with Gasteiger partial charge in [-0.2, -0.15) is 0 Å². The van der Waals surface area contributed by atoms with Gasteiger partial charge in [-0.25, -0.2) is 4.79 Å². The molecule has 0 aromatic rings. The number of urea groups is 1. The van der Waals surface area contributed by atoms with Crippen molar-refractivity contribution in [2.75, 3.05) is 26.7 Å². The molecular formula is C13H23N3O4. The summed E-state index contributed by atoms with van der Waals surface area (Å²) in [5.74, 6) is -0.903. The molecule has 0 radical (unpaired) electrons. The molecule has 0 spiro atoms. The van der Waals surface area contributed by atoms with Crippen molar-refractivity contribution >= 4 is 17.9 Å². The first-order chi connectivity index (χ1) is 9.45. The zero-order valence-electron chi connectivity index (χ0n) is 12.1. The molecule has 7 heteroatoms. The molecule has 1 fully saturated rings. The Morgan fingerprint density at radius 1 is 1.25 bits per heavy atom. The minimum atomic E-state index is -0.778. The largest absolute Gasteiger partial charge is 0.481 e. The predicted octanol–water partition coefficient (Wildman–Crippen LogP) is 0.409. The van der Waals surface area contributed by atoms with E-state index in [4.69, 9.17) is 0 Å². The highest BCUT2D eigenvalue weighted by Crippen LogP contribution is 2.35. The third-order valence-electron chi connectivity index (χ3n) is 4.05. The fourth-order valence-electron chi connectivity index (χ4n) is 2.38. The Bertz CT molecular complexity index is 376. The quantitative estimate of drug-likeness (QED) is 0.681. The molecule has 114 valence electrons. The molecule has 0 atom stereocenters. The van der Waals surface area contributed by atoms with Crippen LogP contribution in [-0.4, -0.2) is 54.6 Å². The molecule has 7 nitrogen and oxygen atoms in total. The van der Waals surface area contributed by atoms with Crippen molar-refractivity contribution < 1.29 is 19.5 Å². The van der Waals surface area contributed by atoms with Crippen LogP contribution in [0.2, 0.25) is 0 Å².